The summed E-state index contributed by atoms with van der Waals surface area (Å²) in [6, 6.07) is 25.0. The maximum atomic E-state index is 12.4. The third-order valence-electron chi connectivity index (χ3n) is 4.00. The normalized spacial score (nSPS) is 10.6. The van der Waals surface area contributed by atoms with Gasteiger partial charge in [-0.3, -0.25) is 9.59 Å². The van der Waals surface area contributed by atoms with Crippen molar-refractivity contribution in [2.24, 2.45) is 0 Å². The van der Waals surface area contributed by atoms with Crippen LogP contribution in [0.1, 0.15) is 12.5 Å². The zero-order valence-electron chi connectivity index (χ0n) is 16.3. The highest BCUT2D eigenvalue weighted by atomic mass is 16.5. The number of carbonyl (C=O) groups excluding carboxylic acids is 2. The second-order valence-corrected chi connectivity index (χ2v) is 6.37. The number of amides is 2. The standard InChI is InChI=1S/C24H19N3O3/c1-17(28)26-20-9-7-18(8-10-20)15-19(16-25)24(29)27-21-11-13-23(14-12-21)30-22-5-3-2-4-6-22/h2-15H,1H3,(H,26,28)(H,27,29)/b19-15+. The van der Waals surface area contributed by atoms with Gasteiger partial charge >= 0.3 is 0 Å². The number of nitrogens with zero attached hydrogens (tertiary/aromatic N) is 1. The van der Waals surface area contributed by atoms with Crippen molar-refractivity contribution >= 4 is 29.3 Å². The minimum absolute atomic E-state index is 0.0353. The zero-order chi connectivity index (χ0) is 21.3. The number of anilines is 2. The Hall–Kier alpha value is -4.37. The van der Waals surface area contributed by atoms with Crippen molar-refractivity contribution < 1.29 is 14.3 Å². The summed E-state index contributed by atoms with van der Waals surface area (Å²) < 4.78 is 5.72. The van der Waals surface area contributed by atoms with E-state index in [4.69, 9.17) is 4.74 Å². The maximum Gasteiger partial charge on any atom is 0.266 e. The van der Waals surface area contributed by atoms with Gasteiger partial charge in [-0.15, -0.1) is 0 Å². The first kappa shape index (κ1) is 20.4. The van der Waals surface area contributed by atoms with Gasteiger partial charge in [-0.25, -0.2) is 0 Å². The monoisotopic (exact) mass is 397 g/mol. The summed E-state index contributed by atoms with van der Waals surface area (Å²) in [4.78, 5) is 23.5. The number of ether oxygens (including phenoxy) is 1. The Morgan fingerprint density at radius 1 is 0.833 bits per heavy atom. The smallest absolute Gasteiger partial charge is 0.266 e. The number of hydrogen-bond donors (Lipinski definition) is 2. The third-order valence-corrected chi connectivity index (χ3v) is 4.00. The lowest BCUT2D eigenvalue weighted by Crippen LogP contribution is -2.13. The van der Waals surface area contributed by atoms with Crippen molar-refractivity contribution in [2.45, 2.75) is 6.92 Å². The lowest BCUT2D eigenvalue weighted by molar-refractivity contribution is -0.114. The highest BCUT2D eigenvalue weighted by molar-refractivity contribution is 6.09. The van der Waals surface area contributed by atoms with Crippen molar-refractivity contribution in [3.8, 4) is 17.6 Å². The van der Waals surface area contributed by atoms with Gasteiger partial charge in [0.25, 0.3) is 5.91 Å². The van der Waals surface area contributed by atoms with Gasteiger partial charge in [0.05, 0.1) is 0 Å². The SMILES string of the molecule is CC(=O)Nc1ccc(/C=C(\C#N)C(=O)Nc2ccc(Oc3ccccc3)cc2)cc1. The van der Waals surface area contributed by atoms with Crippen LogP contribution >= 0.6 is 0 Å². The number of hydrogen-bond acceptors (Lipinski definition) is 4. The first-order chi connectivity index (χ1) is 14.5. The van der Waals surface area contributed by atoms with Crippen LogP contribution in [0.2, 0.25) is 0 Å². The molecule has 0 bridgehead atoms. The molecule has 0 atom stereocenters. The molecule has 2 N–H and O–H groups in total. The van der Waals surface area contributed by atoms with Crippen molar-refractivity contribution in [1.82, 2.24) is 0 Å². The molecule has 148 valence electrons. The van der Waals surface area contributed by atoms with E-state index in [9.17, 15) is 14.9 Å². The van der Waals surface area contributed by atoms with Crippen LogP contribution in [0.25, 0.3) is 6.08 Å². The van der Waals surface area contributed by atoms with E-state index in [2.05, 4.69) is 10.6 Å². The van der Waals surface area contributed by atoms with E-state index in [1.54, 1.807) is 48.5 Å². The number of nitriles is 1. The van der Waals surface area contributed by atoms with Gasteiger partial charge in [-0.1, -0.05) is 30.3 Å². The van der Waals surface area contributed by atoms with Gasteiger partial charge in [0.1, 0.15) is 23.1 Å². The second-order valence-electron chi connectivity index (χ2n) is 6.37. The number of nitrogens with one attached hydrogen (secondary N) is 2. The highest BCUT2D eigenvalue weighted by Crippen LogP contribution is 2.23. The fourth-order valence-electron chi connectivity index (χ4n) is 2.61. The fraction of sp³-hybridized carbons (Fsp3) is 0.0417. The molecular formula is C24H19N3O3. The quantitative estimate of drug-likeness (QED) is 0.453. The summed E-state index contributed by atoms with van der Waals surface area (Å²) >= 11 is 0. The van der Waals surface area contributed by atoms with Gasteiger partial charge in [0, 0.05) is 18.3 Å². The van der Waals surface area contributed by atoms with E-state index in [-0.39, 0.29) is 11.5 Å². The van der Waals surface area contributed by atoms with E-state index >= 15 is 0 Å². The van der Waals surface area contributed by atoms with Crippen LogP contribution in [0, 0.1) is 11.3 Å². The van der Waals surface area contributed by atoms with Crippen LogP contribution in [-0.4, -0.2) is 11.8 Å². The Morgan fingerprint density at radius 2 is 1.40 bits per heavy atom. The van der Waals surface area contributed by atoms with Gasteiger partial charge in [-0.2, -0.15) is 5.26 Å². The van der Waals surface area contributed by atoms with Crippen LogP contribution in [0.3, 0.4) is 0 Å². The van der Waals surface area contributed by atoms with E-state index in [1.807, 2.05) is 36.4 Å². The molecule has 0 radical (unpaired) electrons. The van der Waals surface area contributed by atoms with Crippen molar-refractivity contribution in [2.75, 3.05) is 10.6 Å². The number of benzene rings is 3. The summed E-state index contributed by atoms with van der Waals surface area (Å²) in [7, 11) is 0. The molecule has 0 spiro atoms. The molecule has 0 heterocycles. The minimum atomic E-state index is -0.514. The summed E-state index contributed by atoms with van der Waals surface area (Å²) in [6.07, 6.45) is 1.49. The average molecular weight is 397 g/mol. The predicted octanol–water partition coefficient (Wildman–Crippen LogP) is 4.98. The molecule has 0 fully saturated rings. The molecule has 0 unspecified atom stereocenters. The second kappa shape index (κ2) is 9.71. The summed E-state index contributed by atoms with van der Waals surface area (Å²) in [5, 5.41) is 14.7. The summed E-state index contributed by atoms with van der Waals surface area (Å²) in [5.74, 6) is 0.666. The van der Waals surface area contributed by atoms with E-state index in [0.717, 1.165) is 0 Å². The largest absolute Gasteiger partial charge is 0.457 e. The molecule has 2 amide bonds. The van der Waals surface area contributed by atoms with Crippen LogP contribution in [0.4, 0.5) is 11.4 Å². The lowest BCUT2D eigenvalue weighted by atomic mass is 10.1. The summed E-state index contributed by atoms with van der Waals surface area (Å²) in [6.45, 7) is 1.42. The molecule has 6 heteroatoms. The Bertz CT molecular complexity index is 1100. The molecule has 0 saturated heterocycles. The molecule has 0 saturated carbocycles. The minimum Gasteiger partial charge on any atom is -0.457 e. The van der Waals surface area contributed by atoms with Crippen LogP contribution < -0.4 is 15.4 Å². The van der Waals surface area contributed by atoms with Crippen molar-refractivity contribution in [3.63, 3.8) is 0 Å². The molecular weight excluding hydrogens is 378 g/mol. The van der Waals surface area contributed by atoms with Gasteiger partial charge in [0.2, 0.25) is 5.91 Å². The number of carbonyl (C=O) groups is 2. The third kappa shape index (κ3) is 5.81. The molecule has 3 aromatic carbocycles. The van der Waals surface area contributed by atoms with Crippen LogP contribution in [0.15, 0.2) is 84.4 Å². The van der Waals surface area contributed by atoms with Crippen LogP contribution in [0.5, 0.6) is 11.5 Å². The molecule has 0 aliphatic heterocycles. The topological polar surface area (TPSA) is 91.2 Å². The molecule has 3 aromatic rings. The molecule has 0 aliphatic rings. The fourth-order valence-corrected chi connectivity index (χ4v) is 2.61. The molecule has 0 aliphatic carbocycles. The Morgan fingerprint density at radius 3 is 2.00 bits per heavy atom. The molecule has 0 aromatic heterocycles. The first-order valence-electron chi connectivity index (χ1n) is 9.17. The van der Waals surface area contributed by atoms with Crippen molar-refractivity contribution in [3.05, 3.63) is 90.0 Å². The highest BCUT2D eigenvalue weighted by Gasteiger charge is 2.10. The molecule has 3 rings (SSSR count). The summed E-state index contributed by atoms with van der Waals surface area (Å²) in [5.41, 5.74) is 1.82. The molecule has 6 nitrogen and oxygen atoms in total. The maximum absolute atomic E-state index is 12.4. The van der Waals surface area contributed by atoms with E-state index in [0.29, 0.717) is 28.4 Å². The van der Waals surface area contributed by atoms with Gasteiger partial charge in [-0.05, 0) is 60.2 Å². The zero-order valence-corrected chi connectivity index (χ0v) is 16.3. The first-order valence-corrected chi connectivity index (χ1v) is 9.17. The van der Waals surface area contributed by atoms with Crippen LogP contribution in [-0.2, 0) is 9.59 Å². The lowest BCUT2D eigenvalue weighted by Gasteiger charge is -2.08. The van der Waals surface area contributed by atoms with Crippen molar-refractivity contribution in [1.29, 1.82) is 5.26 Å². The number of rotatable bonds is 6. The van der Waals surface area contributed by atoms with Gasteiger partial charge < -0.3 is 15.4 Å². The molecule has 30 heavy (non-hydrogen) atoms. The Kier molecular flexibility index (Phi) is 6.59. The van der Waals surface area contributed by atoms with Gasteiger partial charge in [0.15, 0.2) is 0 Å². The predicted molar refractivity (Wildman–Crippen MR) is 116 cm³/mol. The average Bonchev–Trinajstić information content (AvgIpc) is 2.75. The Labute approximate surface area is 174 Å². The van der Waals surface area contributed by atoms with E-state index < -0.39 is 5.91 Å². The van der Waals surface area contributed by atoms with E-state index in [1.165, 1.54) is 13.0 Å². The Balaban J connectivity index is 1.65. The number of para-hydroxylation sites is 1.